The van der Waals surface area contributed by atoms with Crippen molar-refractivity contribution in [3.63, 3.8) is 0 Å². The van der Waals surface area contributed by atoms with Gasteiger partial charge in [-0.1, -0.05) is 30.3 Å². The van der Waals surface area contributed by atoms with Gasteiger partial charge < -0.3 is 10.0 Å². The van der Waals surface area contributed by atoms with Gasteiger partial charge in [0.25, 0.3) is 0 Å². The number of carbonyl (C=O) groups is 1. The molecule has 0 radical (unpaired) electrons. The Hall–Kier alpha value is -1.39. The number of hydrogen-bond acceptors (Lipinski definition) is 3. The molecule has 4 heteroatoms. The van der Waals surface area contributed by atoms with E-state index in [2.05, 4.69) is 29.0 Å². The van der Waals surface area contributed by atoms with Crippen LogP contribution in [0.2, 0.25) is 0 Å². The standard InChI is InChI=1S/C16H22N2O2/c1-17-8-7-16(15(19)20)12-18(11-14(16)10-17)9-13-5-3-2-4-6-13/h2-6,14H,7-12H2,1H3,(H,19,20). The molecule has 20 heavy (non-hydrogen) atoms. The summed E-state index contributed by atoms with van der Waals surface area (Å²) >= 11 is 0. The summed E-state index contributed by atoms with van der Waals surface area (Å²) in [6.07, 6.45) is 0.773. The predicted molar refractivity (Wildman–Crippen MR) is 77.4 cm³/mol. The molecule has 4 nitrogen and oxygen atoms in total. The van der Waals surface area contributed by atoms with E-state index in [-0.39, 0.29) is 5.92 Å². The van der Waals surface area contributed by atoms with E-state index in [1.807, 2.05) is 18.2 Å². The van der Waals surface area contributed by atoms with Gasteiger partial charge in [-0.2, -0.15) is 0 Å². The van der Waals surface area contributed by atoms with Gasteiger partial charge in [-0.05, 0) is 25.6 Å². The molecular weight excluding hydrogens is 252 g/mol. The van der Waals surface area contributed by atoms with Crippen molar-refractivity contribution in [3.8, 4) is 0 Å². The van der Waals surface area contributed by atoms with Crippen LogP contribution in [0.4, 0.5) is 0 Å². The molecule has 2 saturated heterocycles. The van der Waals surface area contributed by atoms with Crippen LogP contribution < -0.4 is 0 Å². The van der Waals surface area contributed by atoms with Crippen LogP contribution in [0.15, 0.2) is 30.3 Å². The van der Waals surface area contributed by atoms with E-state index in [1.165, 1.54) is 5.56 Å². The second-order valence-electron chi connectivity index (χ2n) is 6.33. The lowest BCUT2D eigenvalue weighted by Crippen LogP contribution is -2.49. The Morgan fingerprint density at radius 1 is 1.35 bits per heavy atom. The molecule has 108 valence electrons. The lowest BCUT2D eigenvalue weighted by atomic mass is 9.73. The number of fused-ring (bicyclic) bond motifs is 1. The van der Waals surface area contributed by atoms with Crippen molar-refractivity contribution < 1.29 is 9.90 Å². The number of aliphatic carboxylic acids is 1. The smallest absolute Gasteiger partial charge is 0.311 e. The van der Waals surface area contributed by atoms with Gasteiger partial charge in [0.1, 0.15) is 0 Å². The zero-order chi connectivity index (χ0) is 14.2. The van der Waals surface area contributed by atoms with E-state index >= 15 is 0 Å². The first-order chi connectivity index (χ1) is 9.60. The minimum Gasteiger partial charge on any atom is -0.481 e. The van der Waals surface area contributed by atoms with Crippen molar-refractivity contribution in [2.75, 3.05) is 33.2 Å². The summed E-state index contributed by atoms with van der Waals surface area (Å²) in [7, 11) is 2.09. The van der Waals surface area contributed by atoms with Gasteiger partial charge in [0, 0.05) is 32.1 Å². The van der Waals surface area contributed by atoms with E-state index in [9.17, 15) is 9.90 Å². The molecule has 3 rings (SSSR count). The highest BCUT2D eigenvalue weighted by atomic mass is 16.4. The molecule has 2 unspecified atom stereocenters. The van der Waals surface area contributed by atoms with Crippen molar-refractivity contribution in [3.05, 3.63) is 35.9 Å². The second-order valence-corrected chi connectivity index (χ2v) is 6.33. The second kappa shape index (κ2) is 5.19. The topological polar surface area (TPSA) is 43.8 Å². The summed E-state index contributed by atoms with van der Waals surface area (Å²) in [5, 5.41) is 9.72. The number of nitrogens with zero attached hydrogens (tertiary/aromatic N) is 2. The molecule has 2 aliphatic rings. The van der Waals surface area contributed by atoms with Crippen molar-refractivity contribution in [2.45, 2.75) is 13.0 Å². The van der Waals surface area contributed by atoms with Gasteiger partial charge in [-0.25, -0.2) is 0 Å². The predicted octanol–water partition coefficient (Wildman–Crippen LogP) is 1.52. The fourth-order valence-electron chi connectivity index (χ4n) is 3.76. The van der Waals surface area contributed by atoms with Gasteiger partial charge >= 0.3 is 5.97 Å². The SMILES string of the molecule is CN1CCC2(C(=O)O)CN(Cc3ccccc3)CC2C1. The highest BCUT2D eigenvalue weighted by Gasteiger charge is 2.53. The van der Waals surface area contributed by atoms with E-state index < -0.39 is 11.4 Å². The summed E-state index contributed by atoms with van der Waals surface area (Å²) in [5.41, 5.74) is 0.737. The average molecular weight is 274 g/mol. The van der Waals surface area contributed by atoms with Crippen molar-refractivity contribution in [1.82, 2.24) is 9.80 Å². The Morgan fingerprint density at radius 2 is 2.10 bits per heavy atom. The van der Waals surface area contributed by atoms with Gasteiger partial charge in [-0.3, -0.25) is 9.69 Å². The fraction of sp³-hybridized carbons (Fsp3) is 0.562. The number of hydrogen-bond donors (Lipinski definition) is 1. The lowest BCUT2D eigenvalue weighted by Gasteiger charge is -2.39. The minimum absolute atomic E-state index is 0.252. The van der Waals surface area contributed by atoms with Crippen molar-refractivity contribution >= 4 is 5.97 Å². The van der Waals surface area contributed by atoms with E-state index in [0.717, 1.165) is 32.6 Å². The first kappa shape index (κ1) is 13.6. The van der Waals surface area contributed by atoms with E-state index in [1.54, 1.807) is 0 Å². The van der Waals surface area contributed by atoms with Crippen LogP contribution in [0.25, 0.3) is 0 Å². The first-order valence-electron chi connectivity index (χ1n) is 7.28. The van der Waals surface area contributed by atoms with Gasteiger partial charge in [0.2, 0.25) is 0 Å². The molecule has 1 aromatic rings. The number of likely N-dealkylation sites (tertiary alicyclic amines) is 2. The fourth-order valence-corrected chi connectivity index (χ4v) is 3.76. The molecule has 1 N–H and O–H groups in total. The van der Waals surface area contributed by atoms with Gasteiger partial charge in [0.15, 0.2) is 0 Å². The van der Waals surface area contributed by atoms with Crippen LogP contribution in [-0.4, -0.2) is 54.1 Å². The molecule has 2 atom stereocenters. The summed E-state index contributed by atoms with van der Waals surface area (Å²) < 4.78 is 0. The van der Waals surface area contributed by atoms with Crippen molar-refractivity contribution in [1.29, 1.82) is 0 Å². The average Bonchev–Trinajstić information content (AvgIpc) is 2.78. The first-order valence-corrected chi connectivity index (χ1v) is 7.28. The third-order valence-corrected chi connectivity index (χ3v) is 4.91. The molecule has 0 aliphatic carbocycles. The number of piperidine rings is 1. The Bertz CT molecular complexity index is 491. The van der Waals surface area contributed by atoms with E-state index in [0.29, 0.717) is 6.54 Å². The molecule has 1 aromatic carbocycles. The number of carboxylic acids is 1. The maximum absolute atomic E-state index is 11.8. The normalized spacial score (nSPS) is 31.1. The Kier molecular flexibility index (Phi) is 3.52. The summed E-state index contributed by atoms with van der Waals surface area (Å²) in [5.74, 6) is -0.353. The zero-order valence-corrected chi connectivity index (χ0v) is 12.0. The van der Waals surface area contributed by atoms with Crippen LogP contribution in [-0.2, 0) is 11.3 Å². The highest BCUT2D eigenvalue weighted by molar-refractivity contribution is 5.76. The molecular formula is C16H22N2O2. The number of benzene rings is 1. The number of carboxylic acid groups (broad SMARTS) is 1. The molecule has 0 amide bonds. The third kappa shape index (κ3) is 2.34. The lowest BCUT2D eigenvalue weighted by molar-refractivity contribution is -0.153. The summed E-state index contributed by atoms with van der Waals surface area (Å²) in [4.78, 5) is 16.4. The third-order valence-electron chi connectivity index (χ3n) is 4.91. The molecule has 0 aromatic heterocycles. The Balaban J connectivity index is 1.76. The molecule has 0 saturated carbocycles. The maximum atomic E-state index is 11.8. The Morgan fingerprint density at radius 3 is 2.80 bits per heavy atom. The zero-order valence-electron chi connectivity index (χ0n) is 12.0. The molecule has 2 aliphatic heterocycles. The molecule has 0 spiro atoms. The molecule has 2 heterocycles. The van der Waals surface area contributed by atoms with Gasteiger partial charge in [-0.15, -0.1) is 0 Å². The molecule has 0 bridgehead atoms. The van der Waals surface area contributed by atoms with Crippen molar-refractivity contribution in [2.24, 2.45) is 11.3 Å². The van der Waals surface area contributed by atoms with E-state index in [4.69, 9.17) is 0 Å². The quantitative estimate of drug-likeness (QED) is 0.908. The van der Waals surface area contributed by atoms with Crippen LogP contribution in [0.5, 0.6) is 0 Å². The monoisotopic (exact) mass is 274 g/mol. The van der Waals surface area contributed by atoms with Crippen LogP contribution >= 0.6 is 0 Å². The van der Waals surface area contributed by atoms with Gasteiger partial charge in [0.05, 0.1) is 5.41 Å². The van der Waals surface area contributed by atoms with Crippen LogP contribution in [0.1, 0.15) is 12.0 Å². The minimum atomic E-state index is -0.605. The highest BCUT2D eigenvalue weighted by Crippen LogP contribution is 2.43. The summed E-state index contributed by atoms with van der Waals surface area (Å²) in [6, 6.07) is 10.3. The summed E-state index contributed by atoms with van der Waals surface area (Å²) in [6.45, 7) is 4.23. The Labute approximate surface area is 120 Å². The van der Waals surface area contributed by atoms with Crippen LogP contribution in [0, 0.1) is 11.3 Å². The van der Waals surface area contributed by atoms with Crippen LogP contribution in [0.3, 0.4) is 0 Å². The molecule has 2 fully saturated rings. The maximum Gasteiger partial charge on any atom is 0.311 e. The largest absolute Gasteiger partial charge is 0.481 e. The number of rotatable bonds is 3.